The van der Waals surface area contributed by atoms with Gasteiger partial charge in [0.1, 0.15) is 17.8 Å². The number of likely N-dealkylation sites (N-methyl/N-ethyl adjacent to an activating group) is 1. The number of nitrogens with one attached hydrogen (secondary N) is 3. The molecular formula is C20H26N6O4. The summed E-state index contributed by atoms with van der Waals surface area (Å²) in [5.74, 6) is -0.988. The van der Waals surface area contributed by atoms with E-state index < -0.39 is 18.0 Å². The number of aromatic nitrogens is 1. The van der Waals surface area contributed by atoms with E-state index >= 15 is 0 Å². The smallest absolute Gasteiger partial charge is 0.274 e. The fourth-order valence-electron chi connectivity index (χ4n) is 3.83. The van der Waals surface area contributed by atoms with E-state index in [1.807, 2.05) is 6.07 Å². The number of anilines is 1. The summed E-state index contributed by atoms with van der Waals surface area (Å²) in [6, 6.07) is 3.90. The molecule has 2 aliphatic rings. The second kappa shape index (κ2) is 8.98. The lowest BCUT2D eigenvalue weighted by molar-refractivity contribution is -0.127. The van der Waals surface area contributed by atoms with Gasteiger partial charge < -0.3 is 20.9 Å². The second-order valence-electron chi connectivity index (χ2n) is 7.81. The first-order chi connectivity index (χ1) is 14.3. The third-order valence-electron chi connectivity index (χ3n) is 5.57. The fourth-order valence-corrected chi connectivity index (χ4v) is 3.83. The van der Waals surface area contributed by atoms with Crippen molar-refractivity contribution in [1.29, 1.82) is 5.26 Å². The largest absolute Gasteiger partial charge is 0.372 e. The van der Waals surface area contributed by atoms with Crippen LogP contribution in [0.25, 0.3) is 0 Å². The SMILES string of the molecule is CN(C)C(=O)CNc1ccc2n(c1=O)[C@H](C(=O)N[C@H](C#N)C[C@@H]1CCNC1=O)CC2. The van der Waals surface area contributed by atoms with Crippen molar-refractivity contribution >= 4 is 23.4 Å². The molecule has 1 fully saturated rings. The summed E-state index contributed by atoms with van der Waals surface area (Å²) in [6.45, 7) is 0.547. The molecule has 3 amide bonds. The average molecular weight is 414 g/mol. The summed E-state index contributed by atoms with van der Waals surface area (Å²) in [5.41, 5.74) is 0.599. The molecule has 1 saturated heterocycles. The Morgan fingerprint density at radius 2 is 2.10 bits per heavy atom. The predicted octanol–water partition coefficient (Wildman–Crippen LogP) is -0.630. The molecule has 2 aliphatic heterocycles. The Hall–Kier alpha value is -3.35. The van der Waals surface area contributed by atoms with Gasteiger partial charge in [0, 0.05) is 32.3 Å². The molecule has 1 aromatic heterocycles. The maximum atomic E-state index is 12.9. The van der Waals surface area contributed by atoms with Crippen LogP contribution < -0.4 is 21.5 Å². The van der Waals surface area contributed by atoms with E-state index in [4.69, 9.17) is 0 Å². The standard InChI is InChI=1S/C20H26N6O4/c1-25(2)17(27)11-23-15-5-3-14-4-6-16(26(14)20(15)30)19(29)24-13(10-21)9-12-7-8-22-18(12)28/h3,5,12-13,16,23H,4,6-9,11H2,1-2H3,(H,22,28)(H,24,29)/t12-,13-,16-/m0/s1. The summed E-state index contributed by atoms with van der Waals surface area (Å²) in [6.07, 6.45) is 1.89. The summed E-state index contributed by atoms with van der Waals surface area (Å²) in [4.78, 5) is 50.7. The van der Waals surface area contributed by atoms with Crippen molar-refractivity contribution in [2.45, 2.75) is 37.8 Å². The zero-order chi connectivity index (χ0) is 21.8. The Balaban J connectivity index is 1.71. The number of hydrogen-bond acceptors (Lipinski definition) is 6. The van der Waals surface area contributed by atoms with Crippen LogP contribution in [0.2, 0.25) is 0 Å². The Kier molecular flexibility index (Phi) is 6.40. The van der Waals surface area contributed by atoms with Crippen LogP contribution in [0.1, 0.15) is 31.0 Å². The molecule has 160 valence electrons. The quantitative estimate of drug-likeness (QED) is 0.543. The lowest BCUT2D eigenvalue weighted by atomic mass is 9.99. The summed E-state index contributed by atoms with van der Waals surface area (Å²) >= 11 is 0. The summed E-state index contributed by atoms with van der Waals surface area (Å²) in [5, 5.41) is 17.7. The van der Waals surface area contributed by atoms with Gasteiger partial charge >= 0.3 is 0 Å². The molecule has 3 N–H and O–H groups in total. The maximum Gasteiger partial charge on any atom is 0.274 e. The molecule has 0 saturated carbocycles. The van der Waals surface area contributed by atoms with Crippen LogP contribution in [0.4, 0.5) is 5.69 Å². The van der Waals surface area contributed by atoms with Crippen LogP contribution in [0, 0.1) is 17.2 Å². The molecular weight excluding hydrogens is 388 g/mol. The number of carbonyl (C=O) groups excluding carboxylic acids is 3. The van der Waals surface area contributed by atoms with Gasteiger partial charge in [-0.25, -0.2) is 0 Å². The van der Waals surface area contributed by atoms with E-state index in [1.54, 1.807) is 26.2 Å². The molecule has 0 aliphatic carbocycles. The molecule has 3 heterocycles. The summed E-state index contributed by atoms with van der Waals surface area (Å²) in [7, 11) is 3.25. The monoisotopic (exact) mass is 414 g/mol. The minimum absolute atomic E-state index is 0.0294. The van der Waals surface area contributed by atoms with Crippen LogP contribution in [0.15, 0.2) is 16.9 Å². The van der Waals surface area contributed by atoms with E-state index in [-0.39, 0.29) is 41.9 Å². The highest BCUT2D eigenvalue weighted by molar-refractivity contribution is 5.83. The highest BCUT2D eigenvalue weighted by Gasteiger charge is 2.33. The number of rotatable bonds is 7. The van der Waals surface area contributed by atoms with Gasteiger partial charge in [-0.15, -0.1) is 0 Å². The van der Waals surface area contributed by atoms with Gasteiger partial charge in [0.2, 0.25) is 17.7 Å². The minimum Gasteiger partial charge on any atom is -0.372 e. The molecule has 0 bridgehead atoms. The van der Waals surface area contributed by atoms with Gasteiger partial charge in [0.05, 0.1) is 12.6 Å². The van der Waals surface area contributed by atoms with Crippen LogP contribution in [0.5, 0.6) is 0 Å². The van der Waals surface area contributed by atoms with Gasteiger partial charge in [-0.3, -0.25) is 23.7 Å². The van der Waals surface area contributed by atoms with E-state index in [1.165, 1.54) is 9.47 Å². The number of nitriles is 1. The highest BCUT2D eigenvalue weighted by atomic mass is 16.2. The van der Waals surface area contributed by atoms with Gasteiger partial charge in [-0.1, -0.05) is 0 Å². The number of pyridine rings is 1. The van der Waals surface area contributed by atoms with Gasteiger partial charge in [0.15, 0.2) is 0 Å². The van der Waals surface area contributed by atoms with Crippen LogP contribution in [0.3, 0.4) is 0 Å². The molecule has 1 aromatic rings. The first-order valence-corrected chi connectivity index (χ1v) is 9.98. The molecule has 0 radical (unpaired) electrons. The first-order valence-electron chi connectivity index (χ1n) is 9.98. The maximum absolute atomic E-state index is 12.9. The zero-order valence-electron chi connectivity index (χ0n) is 17.1. The highest BCUT2D eigenvalue weighted by Crippen LogP contribution is 2.25. The number of fused-ring (bicyclic) bond motifs is 1. The van der Waals surface area contributed by atoms with Crippen LogP contribution in [-0.4, -0.2) is 60.4 Å². The number of carbonyl (C=O) groups is 3. The van der Waals surface area contributed by atoms with Crippen molar-refractivity contribution in [2.75, 3.05) is 32.5 Å². The number of hydrogen-bond donors (Lipinski definition) is 3. The Morgan fingerprint density at radius 3 is 2.73 bits per heavy atom. The van der Waals surface area contributed by atoms with Crippen LogP contribution in [-0.2, 0) is 20.8 Å². The van der Waals surface area contributed by atoms with Gasteiger partial charge in [0.25, 0.3) is 5.56 Å². The molecule has 3 atom stereocenters. The van der Waals surface area contributed by atoms with E-state index in [0.717, 1.165) is 5.69 Å². The molecule has 0 unspecified atom stereocenters. The van der Waals surface area contributed by atoms with E-state index in [2.05, 4.69) is 16.0 Å². The average Bonchev–Trinajstić information content (AvgIpc) is 3.33. The van der Waals surface area contributed by atoms with Gasteiger partial charge in [-0.05, 0) is 37.8 Å². The minimum atomic E-state index is -0.801. The fraction of sp³-hybridized carbons (Fsp3) is 0.550. The molecule has 0 aromatic carbocycles. The molecule has 0 spiro atoms. The first kappa shape index (κ1) is 21.4. The lowest BCUT2D eigenvalue weighted by Gasteiger charge is -2.19. The van der Waals surface area contributed by atoms with Crippen molar-refractivity contribution in [3.63, 3.8) is 0 Å². The Labute approximate surface area is 174 Å². The van der Waals surface area contributed by atoms with Crippen molar-refractivity contribution in [3.8, 4) is 6.07 Å². The second-order valence-corrected chi connectivity index (χ2v) is 7.81. The van der Waals surface area contributed by atoms with Gasteiger partial charge in [-0.2, -0.15) is 5.26 Å². The summed E-state index contributed by atoms with van der Waals surface area (Å²) < 4.78 is 1.43. The number of nitrogens with zero attached hydrogens (tertiary/aromatic N) is 3. The lowest BCUT2D eigenvalue weighted by Crippen LogP contribution is -2.42. The van der Waals surface area contributed by atoms with Crippen molar-refractivity contribution in [1.82, 2.24) is 20.1 Å². The normalized spacial score (nSPS) is 20.6. The zero-order valence-corrected chi connectivity index (χ0v) is 17.1. The number of aryl methyl sites for hydroxylation is 1. The topological polar surface area (TPSA) is 136 Å². The Morgan fingerprint density at radius 1 is 1.33 bits per heavy atom. The Bertz CT molecular complexity index is 948. The van der Waals surface area contributed by atoms with E-state index in [0.29, 0.717) is 25.8 Å². The van der Waals surface area contributed by atoms with Crippen molar-refractivity contribution in [2.24, 2.45) is 5.92 Å². The third kappa shape index (κ3) is 4.45. The molecule has 30 heavy (non-hydrogen) atoms. The third-order valence-corrected chi connectivity index (χ3v) is 5.57. The molecule has 10 nitrogen and oxygen atoms in total. The predicted molar refractivity (Wildman–Crippen MR) is 109 cm³/mol. The van der Waals surface area contributed by atoms with E-state index in [9.17, 15) is 24.4 Å². The molecule has 3 rings (SSSR count). The van der Waals surface area contributed by atoms with Crippen molar-refractivity contribution in [3.05, 3.63) is 28.2 Å². The molecule has 10 heteroatoms. The number of amides is 3. The van der Waals surface area contributed by atoms with Crippen molar-refractivity contribution < 1.29 is 14.4 Å². The van der Waals surface area contributed by atoms with Crippen LogP contribution >= 0.6 is 0 Å².